The Morgan fingerprint density at radius 3 is 2.93 bits per heavy atom. The third-order valence-electron chi connectivity index (χ3n) is 4.85. The summed E-state index contributed by atoms with van der Waals surface area (Å²) in [5, 5.41) is 4.65. The molecule has 1 aliphatic heterocycles. The Labute approximate surface area is 161 Å². The van der Waals surface area contributed by atoms with E-state index in [0.717, 1.165) is 17.6 Å². The summed E-state index contributed by atoms with van der Waals surface area (Å²) in [4.78, 5) is 23.0. The lowest BCUT2D eigenvalue weighted by Crippen LogP contribution is -2.33. The van der Waals surface area contributed by atoms with E-state index in [9.17, 15) is 9.18 Å². The number of amides is 1. The van der Waals surface area contributed by atoms with Crippen molar-refractivity contribution in [3.8, 4) is 5.75 Å². The number of hydrogen-bond acceptors (Lipinski definition) is 6. The van der Waals surface area contributed by atoms with Crippen LogP contribution in [-0.4, -0.2) is 56.8 Å². The Hall–Kier alpha value is -3.07. The highest BCUT2D eigenvalue weighted by molar-refractivity contribution is 5.79. The zero-order valence-electron chi connectivity index (χ0n) is 15.3. The molecular formula is C19H21FN6O2. The Morgan fingerprint density at radius 1 is 1.29 bits per heavy atom. The molecule has 2 N–H and O–H groups in total. The zero-order chi connectivity index (χ0) is 19.5. The lowest BCUT2D eigenvalue weighted by Gasteiger charge is -2.16. The van der Waals surface area contributed by atoms with Crippen molar-refractivity contribution >= 4 is 17.1 Å². The van der Waals surface area contributed by atoms with Gasteiger partial charge in [0.25, 0.3) is 5.91 Å². The summed E-state index contributed by atoms with van der Waals surface area (Å²) in [7, 11) is 0. The first-order valence-electron chi connectivity index (χ1n) is 9.20. The Bertz CT molecular complexity index is 991. The van der Waals surface area contributed by atoms with E-state index in [4.69, 9.17) is 10.5 Å². The van der Waals surface area contributed by atoms with Crippen LogP contribution in [0.2, 0.25) is 0 Å². The fourth-order valence-electron chi connectivity index (χ4n) is 3.48. The van der Waals surface area contributed by atoms with Crippen LogP contribution in [0.15, 0.2) is 36.7 Å². The van der Waals surface area contributed by atoms with E-state index in [1.807, 2.05) is 0 Å². The van der Waals surface area contributed by atoms with Crippen molar-refractivity contribution in [3.63, 3.8) is 0 Å². The summed E-state index contributed by atoms with van der Waals surface area (Å²) in [6.07, 6.45) is 4.04. The lowest BCUT2D eigenvalue weighted by atomic mass is 10.0. The highest BCUT2D eigenvalue weighted by atomic mass is 19.1. The molecule has 3 aromatic rings. The SMILES string of the molecule is NCCn1nc([C@@H]2CCN(C(=O)COc3ccccc3F)C2)c2nccnc21. The number of hydrogen-bond donors (Lipinski definition) is 1. The minimum absolute atomic E-state index is 0.0654. The number of ether oxygens (including phenoxy) is 1. The number of benzene rings is 1. The van der Waals surface area contributed by atoms with Gasteiger partial charge in [0.05, 0.1) is 12.2 Å². The van der Waals surface area contributed by atoms with Gasteiger partial charge in [-0.1, -0.05) is 12.1 Å². The third-order valence-corrected chi connectivity index (χ3v) is 4.85. The highest BCUT2D eigenvalue weighted by Gasteiger charge is 2.31. The molecule has 8 nitrogen and oxygen atoms in total. The summed E-state index contributed by atoms with van der Waals surface area (Å²) >= 11 is 0. The Morgan fingerprint density at radius 2 is 2.11 bits per heavy atom. The zero-order valence-corrected chi connectivity index (χ0v) is 15.3. The first-order chi connectivity index (χ1) is 13.7. The number of halogens is 1. The van der Waals surface area contributed by atoms with Gasteiger partial charge >= 0.3 is 0 Å². The summed E-state index contributed by atoms with van der Waals surface area (Å²) < 4.78 is 20.7. The first kappa shape index (κ1) is 18.3. The fourth-order valence-corrected chi connectivity index (χ4v) is 3.48. The minimum atomic E-state index is -0.481. The predicted octanol–water partition coefficient (Wildman–Crippen LogP) is 1.32. The topological polar surface area (TPSA) is 99.2 Å². The fraction of sp³-hybridized carbons (Fsp3) is 0.368. The summed E-state index contributed by atoms with van der Waals surface area (Å²) in [5.41, 5.74) is 7.95. The van der Waals surface area contributed by atoms with E-state index in [1.165, 1.54) is 12.1 Å². The first-order valence-corrected chi connectivity index (χ1v) is 9.20. The van der Waals surface area contributed by atoms with Crippen molar-refractivity contribution in [2.45, 2.75) is 18.9 Å². The molecule has 146 valence electrons. The van der Waals surface area contributed by atoms with Gasteiger partial charge in [-0.15, -0.1) is 0 Å². The normalized spacial score (nSPS) is 16.6. The molecule has 3 heterocycles. The van der Waals surface area contributed by atoms with Crippen LogP contribution in [0.1, 0.15) is 18.0 Å². The van der Waals surface area contributed by atoms with Crippen LogP contribution in [0.25, 0.3) is 11.2 Å². The van der Waals surface area contributed by atoms with Crippen LogP contribution in [0.3, 0.4) is 0 Å². The van der Waals surface area contributed by atoms with Crippen molar-refractivity contribution in [2.24, 2.45) is 5.73 Å². The molecule has 1 aromatic carbocycles. The number of nitrogens with two attached hydrogens (primary N) is 1. The van der Waals surface area contributed by atoms with Gasteiger partial charge < -0.3 is 15.4 Å². The average Bonchev–Trinajstić information content (AvgIpc) is 3.33. The van der Waals surface area contributed by atoms with Gasteiger partial charge in [0.15, 0.2) is 23.8 Å². The van der Waals surface area contributed by atoms with Crippen LogP contribution in [0.4, 0.5) is 4.39 Å². The number of rotatable bonds is 6. The van der Waals surface area contributed by atoms with Gasteiger partial charge in [0.2, 0.25) is 0 Å². The molecule has 1 atom stereocenters. The molecule has 4 rings (SSSR count). The summed E-state index contributed by atoms with van der Waals surface area (Å²) in [6, 6.07) is 6.05. The van der Waals surface area contributed by atoms with Crippen molar-refractivity contribution in [3.05, 3.63) is 48.2 Å². The summed E-state index contributed by atoms with van der Waals surface area (Å²) in [6.45, 7) is 1.92. The number of carbonyl (C=O) groups is 1. The van der Waals surface area contributed by atoms with Crippen LogP contribution in [-0.2, 0) is 11.3 Å². The third kappa shape index (κ3) is 3.53. The van der Waals surface area contributed by atoms with Gasteiger partial charge in [-0.05, 0) is 18.6 Å². The number of aromatic nitrogens is 4. The molecule has 1 aliphatic rings. The highest BCUT2D eigenvalue weighted by Crippen LogP contribution is 2.30. The van der Waals surface area contributed by atoms with E-state index in [0.29, 0.717) is 31.8 Å². The molecule has 0 saturated carbocycles. The largest absolute Gasteiger partial charge is 0.481 e. The maximum absolute atomic E-state index is 13.6. The Kier molecular flexibility index (Phi) is 5.16. The number of carbonyl (C=O) groups excluding carboxylic acids is 1. The van der Waals surface area contributed by atoms with Crippen LogP contribution >= 0.6 is 0 Å². The molecular weight excluding hydrogens is 363 g/mol. The monoisotopic (exact) mass is 384 g/mol. The number of nitrogens with zero attached hydrogens (tertiary/aromatic N) is 5. The molecule has 0 bridgehead atoms. The quantitative estimate of drug-likeness (QED) is 0.688. The van der Waals surface area contributed by atoms with Gasteiger partial charge in [-0.2, -0.15) is 5.10 Å². The standard InChI is InChI=1S/C19H21FN6O2/c20-14-3-1-2-4-15(14)28-12-16(27)25-9-5-13(11-25)17-18-19(23-8-7-22-18)26(24-17)10-6-21/h1-4,7-8,13H,5-6,9-12,21H2/t13-/m1/s1. The molecule has 9 heteroatoms. The molecule has 0 aliphatic carbocycles. The van der Waals surface area contributed by atoms with Crippen molar-refractivity contribution < 1.29 is 13.9 Å². The van der Waals surface area contributed by atoms with Gasteiger partial charge in [-0.25, -0.2) is 19.0 Å². The van der Waals surface area contributed by atoms with Gasteiger partial charge in [-0.3, -0.25) is 4.79 Å². The lowest BCUT2D eigenvalue weighted by molar-refractivity contribution is -0.132. The molecule has 28 heavy (non-hydrogen) atoms. The van der Waals surface area contributed by atoms with Crippen molar-refractivity contribution in [1.29, 1.82) is 0 Å². The van der Waals surface area contributed by atoms with Crippen LogP contribution in [0, 0.1) is 5.82 Å². The molecule has 2 aromatic heterocycles. The van der Waals surface area contributed by atoms with Gasteiger partial charge in [0.1, 0.15) is 5.52 Å². The molecule has 0 spiro atoms. The predicted molar refractivity (Wildman–Crippen MR) is 100 cm³/mol. The van der Waals surface area contributed by atoms with Gasteiger partial charge in [0, 0.05) is 37.9 Å². The van der Waals surface area contributed by atoms with E-state index < -0.39 is 5.82 Å². The molecule has 1 amide bonds. The maximum atomic E-state index is 13.6. The molecule has 0 radical (unpaired) electrons. The second-order valence-corrected chi connectivity index (χ2v) is 6.67. The number of fused-ring (bicyclic) bond motifs is 1. The van der Waals surface area contributed by atoms with Crippen molar-refractivity contribution in [1.82, 2.24) is 24.6 Å². The minimum Gasteiger partial charge on any atom is -0.481 e. The van der Waals surface area contributed by atoms with E-state index in [2.05, 4.69) is 15.1 Å². The van der Waals surface area contributed by atoms with Crippen molar-refractivity contribution in [2.75, 3.05) is 26.2 Å². The second-order valence-electron chi connectivity index (χ2n) is 6.67. The summed E-state index contributed by atoms with van der Waals surface area (Å²) in [5.74, 6) is -0.517. The van der Waals surface area contributed by atoms with E-state index >= 15 is 0 Å². The molecule has 1 saturated heterocycles. The number of likely N-dealkylation sites (tertiary alicyclic amines) is 1. The average molecular weight is 384 g/mol. The van der Waals surface area contributed by atoms with Crippen LogP contribution < -0.4 is 10.5 Å². The molecule has 0 unspecified atom stereocenters. The smallest absolute Gasteiger partial charge is 0.260 e. The van der Waals surface area contributed by atoms with E-state index in [-0.39, 0.29) is 24.2 Å². The maximum Gasteiger partial charge on any atom is 0.260 e. The number of para-hydroxylation sites is 1. The second kappa shape index (κ2) is 7.89. The van der Waals surface area contributed by atoms with E-state index in [1.54, 1.807) is 34.1 Å². The van der Waals surface area contributed by atoms with Crippen LogP contribution in [0.5, 0.6) is 5.75 Å². The Balaban J connectivity index is 1.45. The molecule has 1 fully saturated rings.